The number of rotatable bonds is 6. The highest BCUT2D eigenvalue weighted by molar-refractivity contribution is 6.31. The van der Waals surface area contributed by atoms with Crippen LogP contribution in [0.5, 0.6) is 0 Å². The molecule has 0 fully saturated rings. The molecule has 1 atom stereocenters. The third-order valence-corrected chi connectivity index (χ3v) is 3.45. The van der Waals surface area contributed by atoms with Crippen molar-refractivity contribution in [2.24, 2.45) is 0 Å². The zero-order valence-electron chi connectivity index (χ0n) is 12.3. The summed E-state index contributed by atoms with van der Waals surface area (Å²) in [6.07, 6.45) is 1.16. The van der Waals surface area contributed by atoms with Gasteiger partial charge in [0.1, 0.15) is 11.6 Å². The van der Waals surface area contributed by atoms with Gasteiger partial charge in [0.15, 0.2) is 6.61 Å². The zero-order chi connectivity index (χ0) is 16.8. The minimum atomic E-state index is -0.738. The minimum Gasteiger partial charge on any atom is -0.467 e. The van der Waals surface area contributed by atoms with Gasteiger partial charge in [-0.1, -0.05) is 17.7 Å². The monoisotopic (exact) mass is 339 g/mol. The quantitative estimate of drug-likeness (QED) is 0.821. The molecule has 1 heterocycles. The van der Waals surface area contributed by atoms with E-state index < -0.39 is 24.3 Å². The van der Waals surface area contributed by atoms with E-state index in [1.54, 1.807) is 19.1 Å². The molecule has 1 N–H and O–H groups in total. The molecular weight excluding hydrogens is 325 g/mol. The molecule has 5 nitrogen and oxygen atoms in total. The average molecular weight is 340 g/mol. The zero-order valence-corrected chi connectivity index (χ0v) is 13.1. The Morgan fingerprint density at radius 1 is 1.35 bits per heavy atom. The lowest BCUT2D eigenvalue weighted by molar-refractivity contribution is -0.148. The summed E-state index contributed by atoms with van der Waals surface area (Å²) in [5, 5.41) is 2.75. The van der Waals surface area contributed by atoms with Crippen LogP contribution in [-0.2, 0) is 20.7 Å². The molecule has 1 amide bonds. The maximum Gasteiger partial charge on any atom is 0.310 e. The molecule has 2 rings (SSSR count). The van der Waals surface area contributed by atoms with Crippen molar-refractivity contribution in [1.29, 1.82) is 0 Å². The van der Waals surface area contributed by atoms with E-state index in [0.29, 0.717) is 5.76 Å². The van der Waals surface area contributed by atoms with Crippen LogP contribution in [0, 0.1) is 5.82 Å². The smallest absolute Gasteiger partial charge is 0.310 e. The van der Waals surface area contributed by atoms with E-state index in [2.05, 4.69) is 5.32 Å². The van der Waals surface area contributed by atoms with Gasteiger partial charge in [0, 0.05) is 10.6 Å². The summed E-state index contributed by atoms with van der Waals surface area (Å²) in [4.78, 5) is 23.4. The van der Waals surface area contributed by atoms with E-state index in [0.717, 1.165) is 0 Å². The molecule has 23 heavy (non-hydrogen) atoms. The molecule has 1 aromatic carbocycles. The van der Waals surface area contributed by atoms with Crippen molar-refractivity contribution in [3.05, 3.63) is 58.8 Å². The van der Waals surface area contributed by atoms with Crippen LogP contribution in [0.3, 0.4) is 0 Å². The van der Waals surface area contributed by atoms with Gasteiger partial charge >= 0.3 is 5.97 Å². The van der Waals surface area contributed by atoms with Gasteiger partial charge in [0.2, 0.25) is 0 Å². The first-order valence-corrected chi connectivity index (χ1v) is 7.26. The van der Waals surface area contributed by atoms with Crippen molar-refractivity contribution in [3.63, 3.8) is 0 Å². The molecule has 0 aliphatic heterocycles. The highest BCUT2D eigenvalue weighted by atomic mass is 35.5. The molecule has 7 heteroatoms. The van der Waals surface area contributed by atoms with E-state index in [9.17, 15) is 14.0 Å². The normalized spacial score (nSPS) is 11.8. The van der Waals surface area contributed by atoms with Gasteiger partial charge < -0.3 is 14.5 Å². The number of hydrogen-bond donors (Lipinski definition) is 1. The Labute approximate surface area is 137 Å². The van der Waals surface area contributed by atoms with E-state index in [1.165, 1.54) is 24.5 Å². The molecule has 0 unspecified atom stereocenters. The van der Waals surface area contributed by atoms with Crippen LogP contribution < -0.4 is 5.32 Å². The van der Waals surface area contributed by atoms with Gasteiger partial charge in [0.25, 0.3) is 5.91 Å². The Morgan fingerprint density at radius 3 is 2.78 bits per heavy atom. The third-order valence-electron chi connectivity index (χ3n) is 3.09. The summed E-state index contributed by atoms with van der Waals surface area (Å²) in [7, 11) is 0. The van der Waals surface area contributed by atoms with Gasteiger partial charge in [-0.25, -0.2) is 4.39 Å². The standard InChI is InChI=1S/C16H15ClFNO4/c1-10(14-6-3-7-22-14)19-15(20)9-23-16(21)8-11-12(17)4-2-5-13(11)18/h2-7,10H,8-9H2,1H3,(H,19,20)/t10-/m0/s1. The topological polar surface area (TPSA) is 68.5 Å². The van der Waals surface area contributed by atoms with Crippen LogP contribution in [0.15, 0.2) is 41.0 Å². The highest BCUT2D eigenvalue weighted by Gasteiger charge is 2.16. The van der Waals surface area contributed by atoms with Gasteiger partial charge in [-0.2, -0.15) is 0 Å². The highest BCUT2D eigenvalue weighted by Crippen LogP contribution is 2.19. The molecule has 1 aromatic heterocycles. The molecule has 2 aromatic rings. The van der Waals surface area contributed by atoms with Crippen LogP contribution in [0.2, 0.25) is 5.02 Å². The third kappa shape index (κ3) is 4.82. The van der Waals surface area contributed by atoms with Crippen LogP contribution >= 0.6 is 11.6 Å². The summed E-state index contributed by atoms with van der Waals surface area (Å²) in [5.41, 5.74) is 0.0449. The molecule has 0 radical (unpaired) electrons. The summed E-state index contributed by atoms with van der Waals surface area (Å²) >= 11 is 5.82. The van der Waals surface area contributed by atoms with Gasteiger partial charge in [0.05, 0.1) is 18.7 Å². The van der Waals surface area contributed by atoms with Gasteiger partial charge in [-0.15, -0.1) is 0 Å². The molecular formula is C16H15ClFNO4. The molecule has 0 spiro atoms. The summed E-state index contributed by atoms with van der Waals surface area (Å²) in [5.74, 6) is -1.23. The Hall–Kier alpha value is -2.34. The first-order valence-electron chi connectivity index (χ1n) is 6.88. The lowest BCUT2D eigenvalue weighted by Gasteiger charge is -2.12. The largest absolute Gasteiger partial charge is 0.467 e. The second-order valence-corrected chi connectivity index (χ2v) is 5.25. The minimum absolute atomic E-state index is 0.0449. The molecule has 122 valence electrons. The van der Waals surface area contributed by atoms with Crippen LogP contribution in [-0.4, -0.2) is 18.5 Å². The lowest BCUT2D eigenvalue weighted by atomic mass is 10.1. The number of ether oxygens (including phenoxy) is 1. The van der Waals surface area contributed by atoms with Crippen LogP contribution in [0.25, 0.3) is 0 Å². The Bertz CT molecular complexity index is 667. The fourth-order valence-electron chi connectivity index (χ4n) is 1.93. The van der Waals surface area contributed by atoms with E-state index >= 15 is 0 Å². The number of halogens is 2. The maximum absolute atomic E-state index is 13.6. The number of hydrogen-bond acceptors (Lipinski definition) is 4. The number of carbonyl (C=O) groups excluding carboxylic acids is 2. The Kier molecular flexibility index (Phi) is 5.76. The number of benzene rings is 1. The Morgan fingerprint density at radius 2 is 2.13 bits per heavy atom. The average Bonchev–Trinajstić information content (AvgIpc) is 3.03. The summed E-state index contributed by atoms with van der Waals surface area (Å²) in [6, 6.07) is 7.19. The number of nitrogens with one attached hydrogen (secondary N) is 1. The first-order chi connectivity index (χ1) is 11.0. The van der Waals surface area contributed by atoms with Crippen molar-refractivity contribution in [3.8, 4) is 0 Å². The van der Waals surface area contributed by atoms with Gasteiger partial charge in [-0.3, -0.25) is 9.59 Å². The van der Waals surface area contributed by atoms with Crippen LogP contribution in [0.4, 0.5) is 4.39 Å². The second kappa shape index (κ2) is 7.78. The molecule has 0 bridgehead atoms. The van der Waals surface area contributed by atoms with E-state index in [4.69, 9.17) is 20.8 Å². The van der Waals surface area contributed by atoms with Crippen LogP contribution in [0.1, 0.15) is 24.3 Å². The maximum atomic E-state index is 13.6. The molecule has 0 aliphatic rings. The summed E-state index contributed by atoms with van der Waals surface area (Å²) < 4.78 is 23.5. The first kappa shape index (κ1) is 17.0. The summed E-state index contributed by atoms with van der Waals surface area (Å²) in [6.45, 7) is 1.27. The SMILES string of the molecule is C[C@H](NC(=O)COC(=O)Cc1c(F)cccc1Cl)c1ccco1. The number of amides is 1. The van der Waals surface area contributed by atoms with E-state index in [-0.39, 0.29) is 23.0 Å². The lowest BCUT2D eigenvalue weighted by Crippen LogP contribution is -2.31. The van der Waals surface area contributed by atoms with Gasteiger partial charge in [-0.05, 0) is 31.2 Å². The fraction of sp³-hybridized carbons (Fsp3) is 0.250. The predicted molar refractivity (Wildman–Crippen MR) is 81.3 cm³/mol. The Balaban J connectivity index is 1.81. The number of furan rings is 1. The molecule has 0 aliphatic carbocycles. The predicted octanol–water partition coefficient (Wildman–Crippen LogP) is 3.04. The van der Waals surface area contributed by atoms with Crippen molar-refractivity contribution in [1.82, 2.24) is 5.32 Å². The number of carbonyl (C=O) groups is 2. The van der Waals surface area contributed by atoms with Crippen molar-refractivity contribution < 1.29 is 23.1 Å². The van der Waals surface area contributed by atoms with Crippen molar-refractivity contribution in [2.75, 3.05) is 6.61 Å². The van der Waals surface area contributed by atoms with Crippen molar-refractivity contribution in [2.45, 2.75) is 19.4 Å². The van der Waals surface area contributed by atoms with E-state index in [1.807, 2.05) is 0 Å². The number of esters is 1. The van der Waals surface area contributed by atoms with Crippen molar-refractivity contribution >= 4 is 23.5 Å². The fourth-order valence-corrected chi connectivity index (χ4v) is 2.16. The molecule has 0 saturated carbocycles. The second-order valence-electron chi connectivity index (χ2n) is 4.84. The molecule has 0 saturated heterocycles.